The van der Waals surface area contributed by atoms with Gasteiger partial charge in [-0.1, -0.05) is 0 Å². The molecule has 1 N–H and O–H groups in total. The Morgan fingerprint density at radius 1 is 1.43 bits per heavy atom. The molecule has 0 unspecified atom stereocenters. The van der Waals surface area contributed by atoms with E-state index in [0.717, 1.165) is 24.0 Å². The molecule has 1 aliphatic rings. The highest BCUT2D eigenvalue weighted by molar-refractivity contribution is 7.10. The average molecular weight is 302 g/mol. The van der Waals surface area contributed by atoms with Gasteiger partial charge >= 0.3 is 0 Å². The SMILES string of the molecule is COc1cc(CNC(=O)c2csc3c2CCCC3)ccn1. The lowest BCUT2D eigenvalue weighted by Gasteiger charge is -2.12. The first-order valence-electron chi connectivity index (χ1n) is 7.14. The Bertz CT molecular complexity index is 651. The molecule has 0 aliphatic heterocycles. The minimum atomic E-state index is 0.0187. The minimum absolute atomic E-state index is 0.0187. The molecule has 0 aromatic carbocycles. The number of ether oxygens (including phenoxy) is 1. The summed E-state index contributed by atoms with van der Waals surface area (Å²) in [5.74, 6) is 0.583. The zero-order valence-electron chi connectivity index (χ0n) is 12.0. The number of hydrogen-bond acceptors (Lipinski definition) is 4. The lowest BCUT2D eigenvalue weighted by molar-refractivity contribution is 0.0950. The van der Waals surface area contributed by atoms with E-state index in [1.165, 1.54) is 23.3 Å². The number of rotatable bonds is 4. The quantitative estimate of drug-likeness (QED) is 0.944. The van der Waals surface area contributed by atoms with Crippen molar-refractivity contribution in [2.45, 2.75) is 32.2 Å². The van der Waals surface area contributed by atoms with Gasteiger partial charge in [0.1, 0.15) is 0 Å². The molecule has 0 saturated carbocycles. The zero-order chi connectivity index (χ0) is 14.7. The number of thiophene rings is 1. The smallest absolute Gasteiger partial charge is 0.252 e. The molecule has 110 valence electrons. The maximum absolute atomic E-state index is 12.4. The van der Waals surface area contributed by atoms with Crippen LogP contribution in [0.15, 0.2) is 23.7 Å². The van der Waals surface area contributed by atoms with Crippen LogP contribution in [-0.4, -0.2) is 18.0 Å². The molecule has 4 nitrogen and oxygen atoms in total. The van der Waals surface area contributed by atoms with E-state index < -0.39 is 0 Å². The number of nitrogens with one attached hydrogen (secondary N) is 1. The molecule has 0 fully saturated rings. The van der Waals surface area contributed by atoms with E-state index in [1.54, 1.807) is 24.6 Å². The second-order valence-corrected chi connectivity index (χ2v) is 6.11. The van der Waals surface area contributed by atoms with E-state index in [9.17, 15) is 4.79 Å². The number of nitrogens with zero attached hydrogens (tertiary/aromatic N) is 1. The molecule has 2 heterocycles. The van der Waals surface area contributed by atoms with Crippen LogP contribution in [0.2, 0.25) is 0 Å². The van der Waals surface area contributed by atoms with Crippen molar-refractivity contribution in [1.29, 1.82) is 0 Å². The van der Waals surface area contributed by atoms with Gasteiger partial charge in [0.05, 0.1) is 12.7 Å². The number of fused-ring (bicyclic) bond motifs is 1. The summed E-state index contributed by atoms with van der Waals surface area (Å²) in [4.78, 5) is 17.8. The number of carbonyl (C=O) groups excluding carboxylic acids is 1. The van der Waals surface area contributed by atoms with Crippen LogP contribution in [-0.2, 0) is 19.4 Å². The molecule has 0 bridgehead atoms. The first-order valence-corrected chi connectivity index (χ1v) is 8.02. The largest absolute Gasteiger partial charge is 0.481 e. The van der Waals surface area contributed by atoms with Gasteiger partial charge < -0.3 is 10.1 Å². The highest BCUT2D eigenvalue weighted by atomic mass is 32.1. The first kappa shape index (κ1) is 14.1. The van der Waals surface area contributed by atoms with E-state index in [-0.39, 0.29) is 5.91 Å². The monoisotopic (exact) mass is 302 g/mol. The third kappa shape index (κ3) is 3.08. The van der Waals surface area contributed by atoms with Gasteiger partial charge in [-0.15, -0.1) is 11.3 Å². The normalized spacial score (nSPS) is 13.6. The molecular weight excluding hydrogens is 284 g/mol. The van der Waals surface area contributed by atoms with Crippen LogP contribution < -0.4 is 10.1 Å². The van der Waals surface area contributed by atoms with Gasteiger partial charge in [-0.05, 0) is 42.9 Å². The van der Waals surface area contributed by atoms with Crippen LogP contribution in [0.5, 0.6) is 5.88 Å². The molecule has 1 amide bonds. The Hall–Kier alpha value is -1.88. The van der Waals surface area contributed by atoms with Crippen molar-refractivity contribution in [2.24, 2.45) is 0 Å². The van der Waals surface area contributed by atoms with Gasteiger partial charge in [0.25, 0.3) is 5.91 Å². The number of aromatic nitrogens is 1. The summed E-state index contributed by atoms with van der Waals surface area (Å²) in [5, 5.41) is 4.99. The fourth-order valence-electron chi connectivity index (χ4n) is 2.63. The standard InChI is InChI=1S/C16H18N2O2S/c1-20-15-8-11(6-7-17-15)9-18-16(19)13-10-21-14-5-3-2-4-12(13)14/h6-8,10H,2-5,9H2,1H3,(H,18,19). The molecule has 0 spiro atoms. The molecule has 0 saturated heterocycles. The maximum atomic E-state index is 12.4. The summed E-state index contributed by atoms with van der Waals surface area (Å²) in [6.07, 6.45) is 6.27. The third-order valence-corrected chi connectivity index (χ3v) is 4.86. The van der Waals surface area contributed by atoms with Crippen molar-refractivity contribution in [2.75, 3.05) is 7.11 Å². The Labute approximate surface area is 128 Å². The lowest BCUT2D eigenvalue weighted by atomic mass is 9.95. The second kappa shape index (κ2) is 6.26. The van der Waals surface area contributed by atoms with Crippen molar-refractivity contribution in [3.05, 3.63) is 45.3 Å². The van der Waals surface area contributed by atoms with Crippen LogP contribution >= 0.6 is 11.3 Å². The molecule has 2 aromatic heterocycles. The Morgan fingerprint density at radius 2 is 2.29 bits per heavy atom. The fourth-order valence-corrected chi connectivity index (χ4v) is 3.76. The molecule has 2 aromatic rings. The maximum Gasteiger partial charge on any atom is 0.252 e. The molecule has 3 rings (SSSR count). The number of pyridine rings is 1. The van der Waals surface area contributed by atoms with Crippen LogP contribution in [0, 0.1) is 0 Å². The third-order valence-electron chi connectivity index (χ3n) is 3.77. The summed E-state index contributed by atoms with van der Waals surface area (Å²) in [7, 11) is 1.59. The van der Waals surface area contributed by atoms with Gasteiger partial charge in [0.15, 0.2) is 0 Å². The van der Waals surface area contributed by atoms with Crippen molar-refractivity contribution in [3.63, 3.8) is 0 Å². The molecule has 21 heavy (non-hydrogen) atoms. The Morgan fingerprint density at radius 3 is 3.14 bits per heavy atom. The number of hydrogen-bond donors (Lipinski definition) is 1. The van der Waals surface area contributed by atoms with Gasteiger partial charge in [-0.2, -0.15) is 0 Å². The summed E-state index contributed by atoms with van der Waals surface area (Å²) in [6.45, 7) is 0.488. The van der Waals surface area contributed by atoms with Crippen LogP contribution in [0.1, 0.15) is 39.2 Å². The van der Waals surface area contributed by atoms with Crippen molar-refractivity contribution in [3.8, 4) is 5.88 Å². The summed E-state index contributed by atoms with van der Waals surface area (Å²) in [5.41, 5.74) is 3.10. The molecule has 0 radical (unpaired) electrons. The van der Waals surface area contributed by atoms with E-state index in [4.69, 9.17) is 4.74 Å². The van der Waals surface area contributed by atoms with Crippen molar-refractivity contribution in [1.82, 2.24) is 10.3 Å². The summed E-state index contributed by atoms with van der Waals surface area (Å²) in [6, 6.07) is 3.72. The van der Waals surface area contributed by atoms with Gasteiger partial charge in [-0.3, -0.25) is 4.79 Å². The number of methoxy groups -OCH3 is 1. The molecule has 1 aliphatic carbocycles. The average Bonchev–Trinajstić information content (AvgIpc) is 2.97. The molecule has 5 heteroatoms. The predicted molar refractivity (Wildman–Crippen MR) is 82.9 cm³/mol. The van der Waals surface area contributed by atoms with Gasteiger partial charge in [0, 0.05) is 29.1 Å². The van der Waals surface area contributed by atoms with Crippen molar-refractivity contribution < 1.29 is 9.53 Å². The highest BCUT2D eigenvalue weighted by Gasteiger charge is 2.19. The second-order valence-electron chi connectivity index (χ2n) is 5.15. The van der Waals surface area contributed by atoms with E-state index in [0.29, 0.717) is 12.4 Å². The first-order chi connectivity index (χ1) is 10.3. The van der Waals surface area contributed by atoms with E-state index in [2.05, 4.69) is 10.3 Å². The molecular formula is C16H18N2O2S. The van der Waals surface area contributed by atoms with Gasteiger partial charge in [-0.25, -0.2) is 4.98 Å². The summed E-state index contributed by atoms with van der Waals surface area (Å²) >= 11 is 1.72. The zero-order valence-corrected chi connectivity index (χ0v) is 12.8. The minimum Gasteiger partial charge on any atom is -0.481 e. The predicted octanol–water partition coefficient (Wildman–Crippen LogP) is 2.96. The lowest BCUT2D eigenvalue weighted by Crippen LogP contribution is -2.23. The number of aryl methyl sites for hydroxylation is 1. The fraction of sp³-hybridized carbons (Fsp3) is 0.375. The van der Waals surface area contributed by atoms with E-state index in [1.807, 2.05) is 17.5 Å². The summed E-state index contributed by atoms with van der Waals surface area (Å²) < 4.78 is 5.09. The number of amides is 1. The van der Waals surface area contributed by atoms with Crippen LogP contribution in [0.4, 0.5) is 0 Å². The van der Waals surface area contributed by atoms with E-state index >= 15 is 0 Å². The van der Waals surface area contributed by atoms with Gasteiger partial charge in [0.2, 0.25) is 5.88 Å². The molecule has 0 atom stereocenters. The van der Waals surface area contributed by atoms with Crippen molar-refractivity contribution >= 4 is 17.2 Å². The van der Waals surface area contributed by atoms with Crippen LogP contribution in [0.25, 0.3) is 0 Å². The highest BCUT2D eigenvalue weighted by Crippen LogP contribution is 2.30. The number of carbonyl (C=O) groups is 1. The Balaban J connectivity index is 1.67. The Kier molecular flexibility index (Phi) is 4.20. The topological polar surface area (TPSA) is 51.2 Å². The van der Waals surface area contributed by atoms with Crippen LogP contribution in [0.3, 0.4) is 0 Å².